The summed E-state index contributed by atoms with van der Waals surface area (Å²) in [5.74, 6) is 0.00977. The average molecular weight is 277 g/mol. The van der Waals surface area contributed by atoms with E-state index in [-0.39, 0.29) is 5.56 Å². The second-order valence-corrected chi connectivity index (χ2v) is 3.62. The molecule has 2 N–H and O–H groups in total. The van der Waals surface area contributed by atoms with Gasteiger partial charge in [-0.2, -0.15) is 0 Å². The molecule has 6 heteroatoms. The number of methoxy groups -OCH3 is 2. The molecule has 2 rings (SSSR count). The van der Waals surface area contributed by atoms with Crippen molar-refractivity contribution in [1.29, 1.82) is 0 Å². The summed E-state index contributed by atoms with van der Waals surface area (Å²) in [5.41, 5.74) is 0.0960. The van der Waals surface area contributed by atoms with E-state index >= 15 is 0 Å². The van der Waals surface area contributed by atoms with E-state index in [2.05, 4.69) is 4.98 Å². The topological polar surface area (TPSA) is 88.6 Å². The average Bonchev–Trinajstić information content (AvgIpc) is 2.48. The first-order valence-corrected chi connectivity index (χ1v) is 5.67. The number of nitrogens with one attached hydrogen (secondary N) is 1. The summed E-state index contributed by atoms with van der Waals surface area (Å²) in [6.07, 6.45) is 0. The Hall–Kier alpha value is -2.76. The van der Waals surface area contributed by atoms with Gasteiger partial charge in [-0.25, -0.2) is 4.79 Å². The molecule has 2 aromatic rings. The van der Waals surface area contributed by atoms with Crippen LogP contribution in [0.3, 0.4) is 0 Å². The van der Waals surface area contributed by atoms with Crippen LogP contribution in [-0.2, 0) is 0 Å². The number of H-pyrrole nitrogens is 1. The molecule has 0 unspecified atom stereocenters. The minimum Gasteiger partial charge on any atom is -0.496 e. The van der Waals surface area contributed by atoms with E-state index in [1.165, 1.54) is 20.3 Å². The summed E-state index contributed by atoms with van der Waals surface area (Å²) in [6, 6.07) is 11.2. The number of aromatic carboxylic acids is 1. The fourth-order valence-electron chi connectivity index (χ4n) is 1.30. The van der Waals surface area contributed by atoms with Crippen LogP contribution in [0.1, 0.15) is 10.4 Å². The lowest BCUT2D eigenvalue weighted by molar-refractivity contribution is 0.0697. The number of carboxylic acid groups (broad SMARTS) is 1. The lowest BCUT2D eigenvalue weighted by Crippen LogP contribution is -2.05. The summed E-state index contributed by atoms with van der Waals surface area (Å²) in [7, 11) is 2.97. The maximum Gasteiger partial charge on any atom is 0.335 e. The number of aromatic nitrogens is 1. The first-order valence-electron chi connectivity index (χ1n) is 5.67. The third-order valence-corrected chi connectivity index (χ3v) is 2.27. The zero-order valence-electron chi connectivity index (χ0n) is 11.1. The number of hydrogen-bond acceptors (Lipinski definition) is 4. The van der Waals surface area contributed by atoms with Crippen LogP contribution in [0.15, 0.2) is 47.3 Å². The Balaban J connectivity index is 0.000000204. The number of rotatable bonds is 3. The molecule has 0 amide bonds. The van der Waals surface area contributed by atoms with Crippen LogP contribution in [0.5, 0.6) is 11.6 Å². The molecule has 0 aliphatic heterocycles. The maximum atomic E-state index is 10.8. The second kappa shape index (κ2) is 7.63. The van der Waals surface area contributed by atoms with Crippen LogP contribution in [0.4, 0.5) is 0 Å². The highest BCUT2D eigenvalue weighted by atomic mass is 16.5. The lowest BCUT2D eigenvalue weighted by Gasteiger charge is -2.01. The van der Waals surface area contributed by atoms with Gasteiger partial charge < -0.3 is 14.6 Å². The second-order valence-electron chi connectivity index (χ2n) is 3.62. The molecule has 106 valence electrons. The SMILES string of the molecule is COc1cc(OC)[nH]c(=O)c1.O=C(O)c1ccccc1. The third kappa shape index (κ3) is 4.85. The summed E-state index contributed by atoms with van der Waals surface area (Å²) in [6.45, 7) is 0. The third-order valence-electron chi connectivity index (χ3n) is 2.27. The standard InChI is InChI=1S/C7H9NO3.C7H6O2/c1-10-5-3-6(9)8-7(4-5)11-2;8-7(9)6-4-2-1-3-5-6/h3-4H,1-2H3,(H,8,9);1-5H,(H,8,9). The predicted molar refractivity (Wildman–Crippen MR) is 73.6 cm³/mol. The van der Waals surface area contributed by atoms with Crippen molar-refractivity contribution in [2.45, 2.75) is 0 Å². The maximum absolute atomic E-state index is 10.8. The van der Waals surface area contributed by atoms with E-state index in [4.69, 9.17) is 14.6 Å². The summed E-state index contributed by atoms with van der Waals surface area (Å²) in [5, 5.41) is 8.38. The smallest absolute Gasteiger partial charge is 0.335 e. The van der Waals surface area contributed by atoms with Crippen molar-refractivity contribution in [2.75, 3.05) is 14.2 Å². The molecule has 0 aliphatic carbocycles. The van der Waals surface area contributed by atoms with Gasteiger partial charge >= 0.3 is 5.97 Å². The molecule has 0 saturated carbocycles. The molecule has 0 radical (unpaired) electrons. The molecule has 1 heterocycles. The molecule has 0 spiro atoms. The lowest BCUT2D eigenvalue weighted by atomic mass is 10.2. The Morgan fingerprint density at radius 3 is 2.20 bits per heavy atom. The van der Waals surface area contributed by atoms with Crippen LogP contribution in [0.25, 0.3) is 0 Å². The Morgan fingerprint density at radius 1 is 1.10 bits per heavy atom. The molecule has 0 saturated heterocycles. The van der Waals surface area contributed by atoms with Gasteiger partial charge in [0, 0.05) is 12.1 Å². The van der Waals surface area contributed by atoms with Gasteiger partial charge in [-0.3, -0.25) is 9.78 Å². The summed E-state index contributed by atoms with van der Waals surface area (Å²) >= 11 is 0. The fourth-order valence-corrected chi connectivity index (χ4v) is 1.30. The van der Waals surface area contributed by atoms with Gasteiger partial charge in [0.2, 0.25) is 0 Å². The van der Waals surface area contributed by atoms with Gasteiger partial charge in [0.1, 0.15) is 5.75 Å². The monoisotopic (exact) mass is 277 g/mol. The molecule has 0 fully saturated rings. The van der Waals surface area contributed by atoms with E-state index in [0.29, 0.717) is 17.2 Å². The molecule has 0 bridgehead atoms. The molecule has 1 aromatic carbocycles. The molecule has 1 aromatic heterocycles. The first kappa shape index (κ1) is 15.3. The van der Waals surface area contributed by atoms with Gasteiger partial charge in [0.15, 0.2) is 5.88 Å². The van der Waals surface area contributed by atoms with Crippen LogP contribution in [0.2, 0.25) is 0 Å². The molecule has 0 aliphatic rings. The quantitative estimate of drug-likeness (QED) is 0.892. The van der Waals surface area contributed by atoms with Crippen molar-refractivity contribution in [3.8, 4) is 11.6 Å². The fraction of sp³-hybridized carbons (Fsp3) is 0.143. The highest BCUT2D eigenvalue weighted by molar-refractivity contribution is 5.87. The minimum atomic E-state index is -0.879. The van der Waals surface area contributed by atoms with Crippen molar-refractivity contribution >= 4 is 5.97 Å². The van der Waals surface area contributed by atoms with Gasteiger partial charge in [-0.1, -0.05) is 18.2 Å². The number of carbonyl (C=O) groups is 1. The Bertz CT molecular complexity index is 581. The van der Waals surface area contributed by atoms with E-state index in [1.807, 2.05) is 0 Å². The van der Waals surface area contributed by atoms with Crippen LogP contribution < -0.4 is 15.0 Å². The number of benzene rings is 1. The van der Waals surface area contributed by atoms with Crippen molar-refractivity contribution in [1.82, 2.24) is 4.98 Å². The van der Waals surface area contributed by atoms with Gasteiger partial charge in [0.05, 0.1) is 19.8 Å². The first-order chi connectivity index (χ1) is 9.56. The Labute approximate surface area is 115 Å². The van der Waals surface area contributed by atoms with Crippen molar-refractivity contribution < 1.29 is 19.4 Å². The van der Waals surface area contributed by atoms with Gasteiger partial charge in [0.25, 0.3) is 5.56 Å². The van der Waals surface area contributed by atoms with E-state index in [1.54, 1.807) is 36.4 Å². The van der Waals surface area contributed by atoms with Crippen LogP contribution in [-0.4, -0.2) is 30.3 Å². The van der Waals surface area contributed by atoms with Crippen molar-refractivity contribution in [3.05, 3.63) is 58.4 Å². The number of pyridine rings is 1. The zero-order chi connectivity index (χ0) is 15.0. The van der Waals surface area contributed by atoms with E-state index in [9.17, 15) is 9.59 Å². The van der Waals surface area contributed by atoms with Gasteiger partial charge in [-0.15, -0.1) is 0 Å². The molecule has 0 atom stereocenters. The van der Waals surface area contributed by atoms with Crippen molar-refractivity contribution in [2.24, 2.45) is 0 Å². The molecular formula is C14H15NO5. The molecule has 20 heavy (non-hydrogen) atoms. The highest BCUT2D eigenvalue weighted by Crippen LogP contribution is 2.11. The normalized spacial score (nSPS) is 9.10. The van der Waals surface area contributed by atoms with Crippen molar-refractivity contribution in [3.63, 3.8) is 0 Å². The molecular weight excluding hydrogens is 262 g/mol. The van der Waals surface area contributed by atoms with Crippen LogP contribution in [0, 0.1) is 0 Å². The largest absolute Gasteiger partial charge is 0.496 e. The van der Waals surface area contributed by atoms with Crippen LogP contribution >= 0.6 is 0 Å². The Morgan fingerprint density at radius 2 is 1.75 bits per heavy atom. The highest BCUT2D eigenvalue weighted by Gasteiger charge is 1.97. The molecule has 6 nitrogen and oxygen atoms in total. The summed E-state index contributed by atoms with van der Waals surface area (Å²) in [4.78, 5) is 23.5. The summed E-state index contributed by atoms with van der Waals surface area (Å²) < 4.78 is 9.64. The van der Waals surface area contributed by atoms with Gasteiger partial charge in [-0.05, 0) is 12.1 Å². The zero-order valence-corrected chi connectivity index (χ0v) is 11.1. The predicted octanol–water partition coefficient (Wildman–Crippen LogP) is 1.78. The van der Waals surface area contributed by atoms with E-state index < -0.39 is 5.97 Å². The minimum absolute atomic E-state index is 0.235. The number of aromatic amines is 1. The number of ether oxygens (including phenoxy) is 2. The Kier molecular flexibility index (Phi) is 5.83. The number of hydrogen-bond donors (Lipinski definition) is 2. The van der Waals surface area contributed by atoms with E-state index in [0.717, 1.165) is 0 Å². The number of carboxylic acids is 1.